The van der Waals surface area contributed by atoms with E-state index in [2.05, 4.69) is 37.6 Å². The fourth-order valence-electron chi connectivity index (χ4n) is 2.27. The lowest BCUT2D eigenvalue weighted by Gasteiger charge is -2.35. The maximum absolute atomic E-state index is 5.80. The Bertz CT molecular complexity index is 191. The molecule has 0 aromatic rings. The van der Waals surface area contributed by atoms with Gasteiger partial charge in [-0.15, -0.1) is 0 Å². The Kier molecular flexibility index (Phi) is 4.56. The summed E-state index contributed by atoms with van der Waals surface area (Å²) in [7, 11) is 2.22. The average molecular weight is 213 g/mol. The predicted octanol–water partition coefficient (Wildman–Crippen LogP) is 0.997. The summed E-state index contributed by atoms with van der Waals surface area (Å²) >= 11 is 0. The summed E-state index contributed by atoms with van der Waals surface area (Å²) in [5, 5.41) is 0. The van der Waals surface area contributed by atoms with Crippen molar-refractivity contribution in [2.45, 2.75) is 33.2 Å². The zero-order valence-corrected chi connectivity index (χ0v) is 10.8. The van der Waals surface area contributed by atoms with E-state index in [0.717, 1.165) is 13.1 Å². The molecule has 0 aliphatic carbocycles. The second-order valence-electron chi connectivity index (χ2n) is 5.80. The maximum Gasteiger partial charge on any atom is 0.0195 e. The van der Waals surface area contributed by atoms with Crippen LogP contribution < -0.4 is 5.73 Å². The van der Waals surface area contributed by atoms with Gasteiger partial charge < -0.3 is 10.6 Å². The molecule has 15 heavy (non-hydrogen) atoms. The molecule has 1 saturated heterocycles. The molecule has 1 unspecified atom stereocenters. The van der Waals surface area contributed by atoms with E-state index in [1.165, 1.54) is 26.1 Å². The van der Waals surface area contributed by atoms with Crippen molar-refractivity contribution in [3.63, 3.8) is 0 Å². The van der Waals surface area contributed by atoms with Crippen molar-refractivity contribution in [2.75, 3.05) is 39.8 Å². The van der Waals surface area contributed by atoms with Gasteiger partial charge in [0.1, 0.15) is 0 Å². The van der Waals surface area contributed by atoms with Gasteiger partial charge in [0.25, 0.3) is 0 Å². The third-order valence-corrected chi connectivity index (χ3v) is 3.37. The van der Waals surface area contributed by atoms with Gasteiger partial charge in [0.2, 0.25) is 0 Å². The Balaban J connectivity index is 2.53. The van der Waals surface area contributed by atoms with Crippen molar-refractivity contribution in [3.8, 4) is 0 Å². The summed E-state index contributed by atoms with van der Waals surface area (Å²) in [4.78, 5) is 5.02. The molecule has 90 valence electrons. The van der Waals surface area contributed by atoms with Crippen LogP contribution in [0.25, 0.3) is 0 Å². The molecular weight excluding hydrogens is 186 g/mol. The monoisotopic (exact) mass is 213 g/mol. The molecule has 3 heteroatoms. The molecule has 3 nitrogen and oxygen atoms in total. The minimum Gasteiger partial charge on any atom is -0.330 e. The molecule has 0 bridgehead atoms. The van der Waals surface area contributed by atoms with Crippen molar-refractivity contribution in [1.29, 1.82) is 0 Å². The van der Waals surface area contributed by atoms with Gasteiger partial charge in [0.15, 0.2) is 0 Å². The molecule has 2 N–H and O–H groups in total. The highest BCUT2D eigenvalue weighted by Gasteiger charge is 2.25. The molecule has 1 aliphatic heterocycles. The first-order valence-electron chi connectivity index (χ1n) is 6.07. The molecule has 1 aliphatic rings. The third-order valence-electron chi connectivity index (χ3n) is 3.37. The van der Waals surface area contributed by atoms with Gasteiger partial charge in [0, 0.05) is 19.1 Å². The minimum atomic E-state index is 0.247. The summed E-state index contributed by atoms with van der Waals surface area (Å²) in [6.45, 7) is 12.4. The summed E-state index contributed by atoms with van der Waals surface area (Å²) in [5.41, 5.74) is 6.05. The molecular formula is C12H27N3. The van der Waals surface area contributed by atoms with Gasteiger partial charge in [0.05, 0.1) is 0 Å². The lowest BCUT2D eigenvalue weighted by atomic mass is 9.92. The zero-order chi connectivity index (χ0) is 11.5. The van der Waals surface area contributed by atoms with Crippen LogP contribution in [-0.4, -0.2) is 55.6 Å². The number of hydrogen-bond donors (Lipinski definition) is 1. The Morgan fingerprint density at radius 2 is 2.00 bits per heavy atom. The van der Waals surface area contributed by atoms with E-state index in [0.29, 0.717) is 6.04 Å². The molecule has 0 aromatic carbocycles. The van der Waals surface area contributed by atoms with Crippen LogP contribution in [0.1, 0.15) is 27.2 Å². The Labute approximate surface area is 94.6 Å². The van der Waals surface area contributed by atoms with E-state index < -0.39 is 0 Å². The first kappa shape index (κ1) is 12.9. The van der Waals surface area contributed by atoms with Crippen LogP contribution >= 0.6 is 0 Å². The quantitative estimate of drug-likeness (QED) is 0.759. The van der Waals surface area contributed by atoms with Gasteiger partial charge in [-0.1, -0.05) is 13.8 Å². The van der Waals surface area contributed by atoms with Gasteiger partial charge in [-0.2, -0.15) is 0 Å². The number of nitrogens with two attached hydrogens (primary N) is 1. The van der Waals surface area contributed by atoms with Gasteiger partial charge in [-0.05, 0) is 45.4 Å². The average Bonchev–Trinajstić information content (AvgIpc) is 2.29. The van der Waals surface area contributed by atoms with Crippen LogP contribution in [0.5, 0.6) is 0 Å². The van der Waals surface area contributed by atoms with Crippen molar-refractivity contribution >= 4 is 0 Å². The van der Waals surface area contributed by atoms with Gasteiger partial charge in [-0.25, -0.2) is 0 Å². The van der Waals surface area contributed by atoms with E-state index >= 15 is 0 Å². The number of rotatable bonds is 3. The highest BCUT2D eigenvalue weighted by molar-refractivity contribution is 4.81. The molecule has 1 atom stereocenters. The summed E-state index contributed by atoms with van der Waals surface area (Å²) in [6.07, 6.45) is 1.28. The second kappa shape index (κ2) is 5.28. The van der Waals surface area contributed by atoms with Crippen molar-refractivity contribution in [1.82, 2.24) is 9.80 Å². The predicted molar refractivity (Wildman–Crippen MR) is 66.0 cm³/mol. The summed E-state index contributed by atoms with van der Waals surface area (Å²) in [5.74, 6) is 0. The molecule has 0 spiro atoms. The van der Waals surface area contributed by atoms with Crippen LogP contribution in [-0.2, 0) is 0 Å². The van der Waals surface area contributed by atoms with Crippen LogP contribution in [0.15, 0.2) is 0 Å². The van der Waals surface area contributed by atoms with Gasteiger partial charge >= 0.3 is 0 Å². The lowest BCUT2D eigenvalue weighted by molar-refractivity contribution is 0.140. The fourth-order valence-corrected chi connectivity index (χ4v) is 2.27. The molecule has 1 fully saturated rings. The van der Waals surface area contributed by atoms with E-state index in [9.17, 15) is 0 Å². The van der Waals surface area contributed by atoms with Crippen molar-refractivity contribution in [3.05, 3.63) is 0 Å². The summed E-state index contributed by atoms with van der Waals surface area (Å²) in [6, 6.07) is 0.656. The van der Waals surface area contributed by atoms with Crippen LogP contribution in [0.3, 0.4) is 0 Å². The summed E-state index contributed by atoms with van der Waals surface area (Å²) < 4.78 is 0. The zero-order valence-electron chi connectivity index (χ0n) is 10.8. The largest absolute Gasteiger partial charge is 0.330 e. The Morgan fingerprint density at radius 1 is 1.33 bits per heavy atom. The van der Waals surface area contributed by atoms with Crippen molar-refractivity contribution < 1.29 is 0 Å². The Morgan fingerprint density at radius 3 is 2.60 bits per heavy atom. The van der Waals surface area contributed by atoms with E-state index in [1.807, 2.05) is 0 Å². The minimum absolute atomic E-state index is 0.247. The number of likely N-dealkylation sites (N-methyl/N-ethyl adjacent to an activating group) is 1. The molecule has 0 aromatic heterocycles. The van der Waals surface area contributed by atoms with E-state index in [4.69, 9.17) is 5.73 Å². The third kappa shape index (κ3) is 4.09. The highest BCUT2D eigenvalue weighted by Crippen LogP contribution is 2.18. The van der Waals surface area contributed by atoms with Gasteiger partial charge in [-0.3, -0.25) is 4.90 Å². The van der Waals surface area contributed by atoms with Crippen LogP contribution in [0.4, 0.5) is 0 Å². The number of nitrogens with zero attached hydrogens (tertiary/aromatic N) is 2. The standard InChI is InChI=1S/C12H27N3/c1-11-8-14(4)6-5-7-15(11)10-12(2,3)9-13/h11H,5-10,13H2,1-4H3. The number of hydrogen-bond acceptors (Lipinski definition) is 3. The second-order valence-corrected chi connectivity index (χ2v) is 5.80. The fraction of sp³-hybridized carbons (Fsp3) is 1.00. The molecule has 0 saturated carbocycles. The maximum atomic E-state index is 5.80. The van der Waals surface area contributed by atoms with Crippen LogP contribution in [0, 0.1) is 5.41 Å². The molecule has 1 heterocycles. The topological polar surface area (TPSA) is 32.5 Å². The highest BCUT2D eigenvalue weighted by atomic mass is 15.2. The smallest absolute Gasteiger partial charge is 0.0195 e. The van der Waals surface area contributed by atoms with E-state index in [-0.39, 0.29) is 5.41 Å². The first-order valence-corrected chi connectivity index (χ1v) is 6.07. The lowest BCUT2D eigenvalue weighted by Crippen LogP contribution is -2.45. The SMILES string of the molecule is CC1CN(C)CCCN1CC(C)(C)CN. The Hall–Kier alpha value is -0.120. The molecule has 0 amide bonds. The normalized spacial score (nSPS) is 26.6. The molecule has 0 radical (unpaired) electrons. The molecule has 1 rings (SSSR count). The van der Waals surface area contributed by atoms with E-state index in [1.54, 1.807) is 0 Å². The van der Waals surface area contributed by atoms with Crippen molar-refractivity contribution in [2.24, 2.45) is 11.1 Å². The first-order chi connectivity index (χ1) is 6.94. The van der Waals surface area contributed by atoms with Crippen LogP contribution in [0.2, 0.25) is 0 Å².